The molecule has 4 nitrogen and oxygen atoms in total. The molecule has 0 aliphatic heterocycles. The maximum Gasteiger partial charge on any atom is 0.185 e. The Morgan fingerprint density at radius 3 is 2.36 bits per heavy atom. The minimum Gasteiger partial charge on any atom is -0.382 e. The van der Waals surface area contributed by atoms with Crippen molar-refractivity contribution in [2.45, 2.75) is 31.3 Å². The molecule has 0 saturated heterocycles. The quantitative estimate of drug-likeness (QED) is 0.530. The first-order valence-corrected chi connectivity index (χ1v) is 8.80. The molecule has 130 valence electrons. The molecule has 0 spiro atoms. The molecule has 0 heterocycles. The smallest absolute Gasteiger partial charge is 0.185 e. The van der Waals surface area contributed by atoms with Crippen molar-refractivity contribution in [1.82, 2.24) is 0 Å². The monoisotopic (exact) mass is 402 g/mol. The lowest BCUT2D eigenvalue weighted by atomic mass is 9.91. The molecule has 0 unspecified atom stereocenters. The molecule has 0 aromatic heterocycles. The van der Waals surface area contributed by atoms with Crippen molar-refractivity contribution in [3.05, 3.63) is 70.8 Å². The van der Waals surface area contributed by atoms with Gasteiger partial charge in [-0.05, 0) is 67.5 Å². The molecule has 1 aliphatic rings. The molecule has 0 fully saturated rings. The van der Waals surface area contributed by atoms with Gasteiger partial charge in [0.25, 0.3) is 0 Å². The van der Waals surface area contributed by atoms with Gasteiger partial charge in [-0.15, -0.1) is 0 Å². The van der Waals surface area contributed by atoms with E-state index in [1.54, 1.807) is 30.3 Å². The highest BCUT2D eigenvalue weighted by atomic mass is 79.9. The van der Waals surface area contributed by atoms with Gasteiger partial charge in [-0.2, -0.15) is 0 Å². The number of ketones is 3. The summed E-state index contributed by atoms with van der Waals surface area (Å²) in [6.07, 6.45) is 9.86. The van der Waals surface area contributed by atoms with Crippen LogP contribution in [-0.4, -0.2) is 28.1 Å². The number of allylic oxidation sites excluding steroid dienone is 4. The molecule has 0 atom stereocenters. The van der Waals surface area contributed by atoms with E-state index < -0.39 is 5.60 Å². The first kappa shape index (κ1) is 19.2. The van der Waals surface area contributed by atoms with Gasteiger partial charge in [0.1, 0.15) is 11.4 Å². The fraction of sp³-hybridized carbons (Fsp3) is 0.250. The van der Waals surface area contributed by atoms with E-state index in [2.05, 4.69) is 15.9 Å². The zero-order chi connectivity index (χ0) is 18.3. The Labute approximate surface area is 155 Å². The van der Waals surface area contributed by atoms with Crippen LogP contribution in [0.15, 0.2) is 65.2 Å². The Morgan fingerprint density at radius 1 is 1.08 bits per heavy atom. The summed E-state index contributed by atoms with van der Waals surface area (Å²) in [7, 11) is 0. The van der Waals surface area contributed by atoms with Crippen LogP contribution in [0.3, 0.4) is 0 Å². The lowest BCUT2D eigenvalue weighted by Gasteiger charge is -2.21. The predicted octanol–water partition coefficient (Wildman–Crippen LogP) is 3.74. The Morgan fingerprint density at radius 2 is 1.72 bits per heavy atom. The number of aliphatic hydroxyl groups is 1. The average Bonchev–Trinajstić information content (AvgIpc) is 2.60. The molecular formula is C20H19BrO4. The van der Waals surface area contributed by atoms with Crippen molar-refractivity contribution in [1.29, 1.82) is 0 Å². The normalized spacial score (nSPS) is 15.7. The number of Topliss-reactive ketones (excluding diaryl/α,β-unsaturated/α-hetero) is 1. The van der Waals surface area contributed by atoms with Gasteiger partial charge in [-0.25, -0.2) is 0 Å². The van der Waals surface area contributed by atoms with Gasteiger partial charge in [-0.1, -0.05) is 22.0 Å². The molecule has 0 radical (unpaired) electrons. The van der Waals surface area contributed by atoms with Crippen molar-refractivity contribution in [2.24, 2.45) is 0 Å². The number of hydrogen-bond acceptors (Lipinski definition) is 4. The summed E-state index contributed by atoms with van der Waals surface area (Å²) >= 11 is 3.31. The van der Waals surface area contributed by atoms with Crippen molar-refractivity contribution in [3.8, 4) is 0 Å². The van der Waals surface area contributed by atoms with E-state index in [0.717, 1.165) is 4.47 Å². The molecule has 5 heteroatoms. The van der Waals surface area contributed by atoms with Crippen LogP contribution in [0.25, 0.3) is 0 Å². The zero-order valence-corrected chi connectivity index (χ0v) is 15.2. The first-order valence-electron chi connectivity index (χ1n) is 8.01. The summed E-state index contributed by atoms with van der Waals surface area (Å²) in [4.78, 5) is 34.9. The van der Waals surface area contributed by atoms with Crippen molar-refractivity contribution >= 4 is 33.3 Å². The number of benzene rings is 1. The van der Waals surface area contributed by atoms with Crippen LogP contribution >= 0.6 is 15.9 Å². The van der Waals surface area contributed by atoms with Crippen LogP contribution in [0.5, 0.6) is 0 Å². The second kappa shape index (κ2) is 8.83. The molecule has 25 heavy (non-hydrogen) atoms. The van der Waals surface area contributed by atoms with Crippen molar-refractivity contribution < 1.29 is 19.5 Å². The molecular weight excluding hydrogens is 384 g/mol. The van der Waals surface area contributed by atoms with Crippen LogP contribution in [-0.2, 0) is 9.59 Å². The number of halogens is 1. The number of rotatable bonds is 8. The van der Waals surface area contributed by atoms with E-state index in [1.807, 2.05) is 0 Å². The highest BCUT2D eigenvalue weighted by Crippen LogP contribution is 2.20. The third-order valence-corrected chi connectivity index (χ3v) is 4.39. The fourth-order valence-electron chi connectivity index (χ4n) is 2.34. The Kier molecular flexibility index (Phi) is 6.79. The van der Waals surface area contributed by atoms with Crippen LogP contribution in [0.4, 0.5) is 0 Å². The topological polar surface area (TPSA) is 71.4 Å². The molecule has 1 aromatic carbocycles. The molecule has 0 amide bonds. The van der Waals surface area contributed by atoms with Gasteiger partial charge in [0.2, 0.25) is 0 Å². The lowest BCUT2D eigenvalue weighted by Crippen LogP contribution is -2.26. The minimum absolute atomic E-state index is 0.00728. The Bertz CT molecular complexity index is 725. The summed E-state index contributed by atoms with van der Waals surface area (Å²) in [6.45, 7) is 0. The standard InChI is InChI=1S/C20H19BrO4/c21-16-7-5-15(6-8-16)19(24)4-2-1-3-17(22)9-12-20(25)13-10-18(23)11-14-20/h2,4-8,10-11,13-14,25H,1,3,9,12H2/b4-2+. The van der Waals surface area contributed by atoms with Crippen molar-refractivity contribution in [3.63, 3.8) is 0 Å². The van der Waals surface area contributed by atoms with Gasteiger partial charge in [0.05, 0.1) is 0 Å². The van der Waals surface area contributed by atoms with E-state index in [9.17, 15) is 19.5 Å². The SMILES string of the molecule is O=C1C=CC(O)(CCC(=O)CC/C=C/C(=O)c2ccc(Br)cc2)C=C1. The fourth-order valence-corrected chi connectivity index (χ4v) is 2.60. The Balaban J connectivity index is 1.72. The van der Waals surface area contributed by atoms with E-state index in [0.29, 0.717) is 18.4 Å². The van der Waals surface area contributed by atoms with E-state index in [4.69, 9.17) is 0 Å². The average molecular weight is 403 g/mol. The van der Waals surface area contributed by atoms with Crippen LogP contribution in [0.2, 0.25) is 0 Å². The molecule has 0 bridgehead atoms. The maximum atomic E-state index is 11.9. The van der Waals surface area contributed by atoms with E-state index in [-0.39, 0.29) is 30.2 Å². The van der Waals surface area contributed by atoms with Gasteiger partial charge >= 0.3 is 0 Å². The predicted molar refractivity (Wildman–Crippen MR) is 99.3 cm³/mol. The number of carbonyl (C=O) groups is 3. The largest absolute Gasteiger partial charge is 0.382 e. The molecule has 2 rings (SSSR count). The number of hydrogen-bond donors (Lipinski definition) is 1. The summed E-state index contributed by atoms with van der Waals surface area (Å²) in [5.74, 6) is -0.263. The van der Waals surface area contributed by atoms with Crippen molar-refractivity contribution in [2.75, 3.05) is 0 Å². The van der Waals surface area contributed by atoms with Gasteiger partial charge in [-0.3, -0.25) is 14.4 Å². The van der Waals surface area contributed by atoms with E-state index in [1.165, 1.54) is 30.4 Å². The minimum atomic E-state index is -1.23. The molecule has 1 aliphatic carbocycles. The maximum absolute atomic E-state index is 11.9. The van der Waals surface area contributed by atoms with Crippen LogP contribution in [0, 0.1) is 0 Å². The highest BCUT2D eigenvalue weighted by molar-refractivity contribution is 9.10. The van der Waals surface area contributed by atoms with E-state index >= 15 is 0 Å². The summed E-state index contributed by atoms with van der Waals surface area (Å²) < 4.78 is 0.910. The van der Waals surface area contributed by atoms with Gasteiger partial charge in [0.15, 0.2) is 11.6 Å². The molecule has 1 aromatic rings. The third kappa shape index (κ3) is 6.36. The number of carbonyl (C=O) groups excluding carboxylic acids is 3. The first-order chi connectivity index (χ1) is 11.9. The highest BCUT2D eigenvalue weighted by Gasteiger charge is 2.23. The van der Waals surface area contributed by atoms with Crippen LogP contribution in [0.1, 0.15) is 36.0 Å². The third-order valence-electron chi connectivity index (χ3n) is 3.86. The zero-order valence-electron chi connectivity index (χ0n) is 13.7. The van der Waals surface area contributed by atoms with Gasteiger partial charge < -0.3 is 5.11 Å². The van der Waals surface area contributed by atoms with Crippen LogP contribution < -0.4 is 0 Å². The Hall–Kier alpha value is -2.11. The second-order valence-electron chi connectivity index (χ2n) is 5.91. The summed E-state index contributed by atoms with van der Waals surface area (Å²) in [5.41, 5.74) is -0.629. The molecule has 1 N–H and O–H groups in total. The van der Waals surface area contributed by atoms with Gasteiger partial charge in [0, 0.05) is 22.9 Å². The molecule has 0 saturated carbocycles. The summed E-state index contributed by atoms with van der Waals surface area (Å²) in [5, 5.41) is 10.2. The lowest BCUT2D eigenvalue weighted by molar-refractivity contribution is -0.119. The summed E-state index contributed by atoms with van der Waals surface area (Å²) in [6, 6.07) is 7.07. The second-order valence-corrected chi connectivity index (χ2v) is 6.83.